The third-order valence-corrected chi connectivity index (χ3v) is 16.7. The Morgan fingerprint density at radius 3 is 1.73 bits per heavy atom. The van der Waals surface area contributed by atoms with Gasteiger partial charge in [0.05, 0.1) is 27.2 Å². The van der Waals surface area contributed by atoms with E-state index >= 15 is 0 Å². The molecule has 0 atom stereocenters. The highest BCUT2D eigenvalue weighted by Gasteiger charge is 2.49. The minimum Gasteiger partial charge on any atom is -0.417 e. The Kier molecular flexibility index (Phi) is 13.8. The van der Waals surface area contributed by atoms with Gasteiger partial charge in [0.2, 0.25) is 5.91 Å². The van der Waals surface area contributed by atoms with Crippen LogP contribution in [0, 0.1) is 0 Å². The van der Waals surface area contributed by atoms with Crippen LogP contribution in [0.1, 0.15) is 32.1 Å². The summed E-state index contributed by atoms with van der Waals surface area (Å²) in [4.78, 5) is 12.3. The Labute approximate surface area is 209 Å². The highest BCUT2D eigenvalue weighted by molar-refractivity contribution is 6.90. The lowest BCUT2D eigenvalue weighted by atomic mass is 10.1. The average Bonchev–Trinajstić information content (AvgIpc) is 2.53. The molecule has 0 fully saturated rings. The standard InChI is InChI=1S/C23H54N2O4Si4/c1-13-20-25(2,3)21-16-14-15-18-23(26)24-19-17-22-33(27-30(4,5)6,28-31(7,8)9)29-32(10,11)12/h13H,1,14-22H2,2-12H3/p+1. The summed E-state index contributed by atoms with van der Waals surface area (Å²) in [5, 5.41) is 3.10. The molecule has 0 bridgehead atoms. The van der Waals surface area contributed by atoms with Crippen molar-refractivity contribution < 1.29 is 21.6 Å². The molecule has 0 aromatic rings. The maximum Gasteiger partial charge on any atom is 0.469 e. The van der Waals surface area contributed by atoms with E-state index in [1.54, 1.807) is 0 Å². The molecular weight excluding hydrogens is 481 g/mol. The lowest BCUT2D eigenvalue weighted by Gasteiger charge is -2.43. The van der Waals surface area contributed by atoms with E-state index in [1.807, 2.05) is 6.08 Å². The van der Waals surface area contributed by atoms with Crippen LogP contribution in [-0.4, -0.2) is 77.9 Å². The normalized spacial score (nSPS) is 13.8. The number of carbonyl (C=O) groups is 1. The molecule has 196 valence electrons. The van der Waals surface area contributed by atoms with Crippen LogP contribution in [0.25, 0.3) is 0 Å². The van der Waals surface area contributed by atoms with Crippen LogP contribution in [0.15, 0.2) is 12.7 Å². The van der Waals surface area contributed by atoms with Crippen LogP contribution in [0.4, 0.5) is 0 Å². The molecule has 0 radical (unpaired) electrons. The van der Waals surface area contributed by atoms with Gasteiger partial charge in [-0.15, -0.1) is 0 Å². The van der Waals surface area contributed by atoms with E-state index in [2.05, 4.69) is 84.9 Å². The summed E-state index contributed by atoms with van der Waals surface area (Å²) in [7, 11) is -3.93. The third kappa shape index (κ3) is 18.9. The van der Waals surface area contributed by atoms with Crippen molar-refractivity contribution in [3.63, 3.8) is 0 Å². The molecule has 33 heavy (non-hydrogen) atoms. The number of unbranched alkanes of at least 4 members (excludes halogenated alkanes) is 2. The van der Waals surface area contributed by atoms with Crippen molar-refractivity contribution in [3.8, 4) is 0 Å². The summed E-state index contributed by atoms with van der Waals surface area (Å²) in [6, 6.07) is 0.766. The number of rotatable bonds is 18. The molecular formula is C23H55N2O4Si4+. The van der Waals surface area contributed by atoms with E-state index in [9.17, 15) is 4.79 Å². The summed E-state index contributed by atoms with van der Waals surface area (Å²) in [5.74, 6) is 0.144. The minimum absolute atomic E-state index is 0.144. The van der Waals surface area contributed by atoms with E-state index < -0.39 is 33.8 Å². The van der Waals surface area contributed by atoms with Gasteiger partial charge in [-0.1, -0.05) is 6.58 Å². The Morgan fingerprint density at radius 1 is 0.818 bits per heavy atom. The van der Waals surface area contributed by atoms with Gasteiger partial charge in [-0.3, -0.25) is 4.79 Å². The third-order valence-electron chi connectivity index (χ3n) is 4.66. The van der Waals surface area contributed by atoms with Gasteiger partial charge < -0.3 is 22.1 Å². The Hall–Kier alpha value is -0.0825. The van der Waals surface area contributed by atoms with Gasteiger partial charge in [-0.05, 0) is 90.7 Å². The van der Waals surface area contributed by atoms with E-state index in [-0.39, 0.29) is 5.91 Å². The fraction of sp³-hybridized carbons (Fsp3) is 0.870. The van der Waals surface area contributed by atoms with Crippen LogP contribution in [0.3, 0.4) is 0 Å². The number of nitrogens with zero attached hydrogens (tertiary/aromatic N) is 1. The quantitative estimate of drug-likeness (QED) is 0.104. The summed E-state index contributed by atoms with van der Waals surface area (Å²) in [6.45, 7) is 26.4. The SMILES string of the molecule is C=CC[N+](C)(C)CCCCCC(=O)NCCC[Si](O[Si](C)(C)C)(O[Si](C)(C)C)O[Si](C)(C)C. The Bertz CT molecular complexity index is 556. The second-order valence-electron chi connectivity index (χ2n) is 12.7. The predicted octanol–water partition coefficient (Wildman–Crippen LogP) is 5.81. The van der Waals surface area contributed by atoms with Crippen molar-refractivity contribution in [1.82, 2.24) is 5.32 Å². The van der Waals surface area contributed by atoms with Crippen molar-refractivity contribution in [1.29, 1.82) is 0 Å². The summed E-state index contributed by atoms with van der Waals surface area (Å²) >= 11 is 0. The maximum atomic E-state index is 12.3. The molecule has 0 unspecified atom stereocenters. The number of nitrogens with one attached hydrogen (secondary N) is 1. The molecule has 0 heterocycles. The zero-order chi connectivity index (χ0) is 26.0. The zero-order valence-corrected chi connectivity index (χ0v) is 27.7. The summed E-state index contributed by atoms with van der Waals surface area (Å²) in [6.07, 6.45) is 6.56. The largest absolute Gasteiger partial charge is 0.469 e. The number of carbonyl (C=O) groups excluding carboxylic acids is 1. The molecule has 0 aliphatic rings. The van der Waals surface area contributed by atoms with Gasteiger partial charge in [-0.2, -0.15) is 0 Å². The molecule has 0 aromatic carbocycles. The molecule has 0 spiro atoms. The van der Waals surface area contributed by atoms with Crippen molar-refractivity contribution in [2.75, 3.05) is 33.7 Å². The van der Waals surface area contributed by atoms with Gasteiger partial charge in [0.25, 0.3) is 0 Å². The number of hydrogen-bond acceptors (Lipinski definition) is 4. The van der Waals surface area contributed by atoms with E-state index in [4.69, 9.17) is 12.3 Å². The molecule has 0 rings (SSSR count). The molecule has 0 aliphatic heterocycles. The minimum atomic E-state index is -2.81. The fourth-order valence-corrected chi connectivity index (χ4v) is 18.3. The van der Waals surface area contributed by atoms with E-state index in [1.165, 1.54) is 0 Å². The van der Waals surface area contributed by atoms with Gasteiger partial charge in [0, 0.05) is 19.0 Å². The first kappa shape index (κ1) is 32.9. The summed E-state index contributed by atoms with van der Waals surface area (Å²) in [5.41, 5.74) is 0. The smallest absolute Gasteiger partial charge is 0.417 e. The molecule has 0 aliphatic carbocycles. The van der Waals surface area contributed by atoms with Gasteiger partial charge in [-0.25, -0.2) is 0 Å². The van der Waals surface area contributed by atoms with Crippen LogP contribution >= 0.6 is 0 Å². The first-order valence-corrected chi connectivity index (χ1v) is 24.7. The predicted molar refractivity (Wildman–Crippen MR) is 152 cm³/mol. The van der Waals surface area contributed by atoms with Crippen LogP contribution in [-0.2, 0) is 17.1 Å². The van der Waals surface area contributed by atoms with Crippen LogP contribution in [0.5, 0.6) is 0 Å². The second kappa shape index (κ2) is 13.9. The molecule has 0 saturated heterocycles. The Morgan fingerprint density at radius 2 is 1.30 bits per heavy atom. The second-order valence-corrected chi connectivity index (χ2v) is 29.7. The van der Waals surface area contributed by atoms with Gasteiger partial charge >= 0.3 is 8.80 Å². The summed E-state index contributed by atoms with van der Waals surface area (Å²) < 4.78 is 21.1. The first-order chi connectivity index (χ1) is 14.8. The van der Waals surface area contributed by atoms with Crippen molar-refractivity contribution in [2.45, 2.75) is 97.1 Å². The maximum absolute atomic E-state index is 12.3. The van der Waals surface area contributed by atoms with Crippen LogP contribution in [0.2, 0.25) is 65.0 Å². The lowest BCUT2D eigenvalue weighted by molar-refractivity contribution is -0.884. The van der Waals surface area contributed by atoms with E-state index in [0.29, 0.717) is 13.0 Å². The zero-order valence-electron chi connectivity index (χ0n) is 23.7. The van der Waals surface area contributed by atoms with Crippen molar-refractivity contribution >= 4 is 39.7 Å². The first-order valence-electron chi connectivity index (χ1n) is 12.6. The molecule has 1 amide bonds. The van der Waals surface area contributed by atoms with Crippen molar-refractivity contribution in [3.05, 3.63) is 12.7 Å². The topological polar surface area (TPSA) is 56.8 Å². The molecule has 6 nitrogen and oxygen atoms in total. The highest BCUT2D eigenvalue weighted by atomic mass is 28.5. The Balaban J connectivity index is 4.70. The molecule has 1 N–H and O–H groups in total. The highest BCUT2D eigenvalue weighted by Crippen LogP contribution is 2.29. The average molecular weight is 536 g/mol. The van der Waals surface area contributed by atoms with Gasteiger partial charge in [0.15, 0.2) is 25.0 Å². The number of quaternary nitrogens is 1. The molecule has 0 saturated carbocycles. The van der Waals surface area contributed by atoms with E-state index in [0.717, 1.165) is 49.3 Å². The fourth-order valence-electron chi connectivity index (χ4n) is 3.68. The molecule has 10 heteroatoms. The number of likely N-dealkylation sites (N-methyl/N-ethyl adjacent to an activating group) is 1. The van der Waals surface area contributed by atoms with Crippen LogP contribution < -0.4 is 5.32 Å². The lowest BCUT2D eigenvalue weighted by Crippen LogP contribution is -2.60. The van der Waals surface area contributed by atoms with Crippen molar-refractivity contribution in [2.24, 2.45) is 0 Å². The number of amides is 1. The number of hydrogen-bond donors (Lipinski definition) is 1. The monoisotopic (exact) mass is 535 g/mol. The van der Waals surface area contributed by atoms with Gasteiger partial charge in [0.1, 0.15) is 0 Å². The molecule has 0 aromatic heterocycles.